The molecule has 1 aromatic carbocycles. The van der Waals surface area contributed by atoms with Gasteiger partial charge in [0.25, 0.3) is 0 Å². The van der Waals surface area contributed by atoms with Gasteiger partial charge < -0.3 is 16.0 Å². The SMILES string of the molecule is CN=C(NCCCC(C)C)NCc1cccc(NC(=O)CC(C)C)c1.I. The van der Waals surface area contributed by atoms with Crippen LogP contribution in [0.5, 0.6) is 0 Å². The lowest BCUT2D eigenvalue weighted by atomic mass is 10.1. The van der Waals surface area contributed by atoms with Crippen molar-refractivity contribution in [2.24, 2.45) is 16.8 Å². The molecule has 0 bridgehead atoms. The van der Waals surface area contributed by atoms with Gasteiger partial charge in [0.1, 0.15) is 0 Å². The molecule has 0 aliphatic rings. The Bertz CT molecular complexity index is 558. The molecule has 0 aliphatic heterocycles. The average molecular weight is 474 g/mol. The van der Waals surface area contributed by atoms with Crippen LogP contribution in [-0.4, -0.2) is 25.5 Å². The van der Waals surface area contributed by atoms with Crippen molar-refractivity contribution in [3.05, 3.63) is 29.8 Å². The van der Waals surface area contributed by atoms with Crippen LogP contribution >= 0.6 is 24.0 Å². The van der Waals surface area contributed by atoms with E-state index < -0.39 is 0 Å². The highest BCUT2D eigenvalue weighted by Gasteiger charge is 2.06. The van der Waals surface area contributed by atoms with Crippen molar-refractivity contribution in [2.45, 2.75) is 53.5 Å². The fourth-order valence-electron chi connectivity index (χ4n) is 2.47. The predicted octanol–water partition coefficient (Wildman–Crippen LogP) is 4.39. The van der Waals surface area contributed by atoms with Crippen LogP contribution in [0.2, 0.25) is 0 Å². The third kappa shape index (κ3) is 11.3. The highest BCUT2D eigenvalue weighted by Crippen LogP contribution is 2.12. The second-order valence-electron chi connectivity index (χ2n) is 7.24. The first kappa shape index (κ1) is 24.7. The lowest BCUT2D eigenvalue weighted by Crippen LogP contribution is -2.37. The molecule has 0 atom stereocenters. The van der Waals surface area contributed by atoms with Crippen molar-refractivity contribution in [1.29, 1.82) is 0 Å². The molecule has 0 aromatic heterocycles. The Morgan fingerprint density at radius 2 is 1.85 bits per heavy atom. The Morgan fingerprint density at radius 1 is 1.12 bits per heavy atom. The molecule has 0 heterocycles. The first-order valence-corrected chi connectivity index (χ1v) is 9.24. The number of carbonyl (C=O) groups excluding carboxylic acids is 1. The fraction of sp³-hybridized carbons (Fsp3) is 0.600. The molecule has 1 amide bonds. The molecule has 1 rings (SSSR count). The number of aliphatic imine (C=N–C) groups is 1. The number of benzene rings is 1. The van der Waals surface area contributed by atoms with E-state index in [0.29, 0.717) is 18.9 Å². The molecule has 3 N–H and O–H groups in total. The summed E-state index contributed by atoms with van der Waals surface area (Å²) in [6, 6.07) is 7.91. The molecule has 0 spiro atoms. The monoisotopic (exact) mass is 474 g/mol. The summed E-state index contributed by atoms with van der Waals surface area (Å²) in [7, 11) is 1.78. The minimum atomic E-state index is 0. The first-order valence-electron chi connectivity index (χ1n) is 9.24. The number of carbonyl (C=O) groups is 1. The van der Waals surface area contributed by atoms with E-state index in [1.54, 1.807) is 7.05 Å². The molecule has 0 saturated carbocycles. The van der Waals surface area contributed by atoms with Crippen LogP contribution in [0, 0.1) is 11.8 Å². The summed E-state index contributed by atoms with van der Waals surface area (Å²) < 4.78 is 0. The molecule has 0 unspecified atom stereocenters. The molecule has 148 valence electrons. The Balaban J connectivity index is 0.00000625. The topological polar surface area (TPSA) is 65.5 Å². The van der Waals surface area contributed by atoms with Crippen LogP contribution in [-0.2, 0) is 11.3 Å². The molecule has 6 heteroatoms. The first-order chi connectivity index (χ1) is 11.9. The number of hydrogen-bond acceptors (Lipinski definition) is 2. The highest BCUT2D eigenvalue weighted by molar-refractivity contribution is 14.0. The zero-order valence-electron chi connectivity index (χ0n) is 16.8. The fourth-order valence-corrected chi connectivity index (χ4v) is 2.47. The maximum Gasteiger partial charge on any atom is 0.224 e. The van der Waals surface area contributed by atoms with Gasteiger partial charge in [0.15, 0.2) is 5.96 Å². The maximum absolute atomic E-state index is 11.9. The largest absolute Gasteiger partial charge is 0.356 e. The summed E-state index contributed by atoms with van der Waals surface area (Å²) in [4.78, 5) is 16.1. The number of nitrogens with zero attached hydrogens (tertiary/aromatic N) is 1. The maximum atomic E-state index is 11.9. The number of halogens is 1. The Morgan fingerprint density at radius 3 is 2.46 bits per heavy atom. The van der Waals surface area contributed by atoms with Crippen LogP contribution < -0.4 is 16.0 Å². The standard InChI is InChI=1S/C20H34N4O.HI/c1-15(2)8-7-11-22-20(21-5)23-14-17-9-6-10-18(13-17)24-19(25)12-16(3)4;/h6,9-10,13,15-16H,7-8,11-12,14H2,1-5H3,(H,24,25)(H2,21,22,23);1H. The molecule has 0 saturated heterocycles. The molecule has 5 nitrogen and oxygen atoms in total. The lowest BCUT2D eigenvalue weighted by Gasteiger charge is -2.13. The smallest absolute Gasteiger partial charge is 0.224 e. The minimum absolute atomic E-state index is 0. The summed E-state index contributed by atoms with van der Waals surface area (Å²) in [5.41, 5.74) is 1.94. The molecule has 1 aromatic rings. The van der Waals surface area contributed by atoms with Crippen LogP contribution in [0.4, 0.5) is 5.69 Å². The second-order valence-corrected chi connectivity index (χ2v) is 7.24. The minimum Gasteiger partial charge on any atom is -0.356 e. The van der Waals surface area contributed by atoms with E-state index in [2.05, 4.69) is 34.8 Å². The molecule has 26 heavy (non-hydrogen) atoms. The van der Waals surface area contributed by atoms with Crippen molar-refractivity contribution in [3.8, 4) is 0 Å². The normalized spacial score (nSPS) is 11.3. The Labute approximate surface area is 175 Å². The van der Waals surface area contributed by atoms with Crippen LogP contribution in [0.3, 0.4) is 0 Å². The average Bonchev–Trinajstić information content (AvgIpc) is 2.53. The molecular weight excluding hydrogens is 439 g/mol. The third-order valence-electron chi connectivity index (χ3n) is 3.74. The lowest BCUT2D eigenvalue weighted by molar-refractivity contribution is -0.116. The van der Waals surface area contributed by atoms with E-state index in [9.17, 15) is 4.79 Å². The van der Waals surface area contributed by atoms with Gasteiger partial charge in [-0.3, -0.25) is 9.79 Å². The van der Waals surface area contributed by atoms with Gasteiger partial charge in [-0.15, -0.1) is 24.0 Å². The van der Waals surface area contributed by atoms with Gasteiger partial charge in [-0.25, -0.2) is 0 Å². The van der Waals surface area contributed by atoms with Gasteiger partial charge in [-0.2, -0.15) is 0 Å². The van der Waals surface area contributed by atoms with Crippen molar-refractivity contribution in [2.75, 3.05) is 18.9 Å². The zero-order valence-corrected chi connectivity index (χ0v) is 19.1. The number of amides is 1. The van der Waals surface area contributed by atoms with E-state index in [4.69, 9.17) is 0 Å². The summed E-state index contributed by atoms with van der Waals surface area (Å²) in [5, 5.41) is 9.60. The van der Waals surface area contributed by atoms with Crippen LogP contribution in [0.1, 0.15) is 52.5 Å². The zero-order chi connectivity index (χ0) is 18.7. The number of guanidine groups is 1. The highest BCUT2D eigenvalue weighted by atomic mass is 127. The predicted molar refractivity (Wildman–Crippen MR) is 122 cm³/mol. The molecular formula is C20H35IN4O. The van der Waals surface area contributed by atoms with E-state index >= 15 is 0 Å². The Hall–Kier alpha value is -1.31. The van der Waals surface area contributed by atoms with Gasteiger partial charge in [0, 0.05) is 32.2 Å². The number of hydrogen-bond donors (Lipinski definition) is 3. The summed E-state index contributed by atoms with van der Waals surface area (Å²) in [5.74, 6) is 1.95. The van der Waals surface area contributed by atoms with Gasteiger partial charge in [-0.05, 0) is 42.4 Å². The van der Waals surface area contributed by atoms with Crippen molar-refractivity contribution < 1.29 is 4.79 Å². The van der Waals surface area contributed by atoms with E-state index in [1.165, 1.54) is 6.42 Å². The van der Waals surface area contributed by atoms with Crippen molar-refractivity contribution >= 4 is 41.5 Å². The van der Waals surface area contributed by atoms with Crippen molar-refractivity contribution in [1.82, 2.24) is 10.6 Å². The third-order valence-corrected chi connectivity index (χ3v) is 3.74. The molecule has 0 radical (unpaired) electrons. The number of anilines is 1. The van der Waals surface area contributed by atoms with Crippen LogP contribution in [0.15, 0.2) is 29.3 Å². The number of rotatable bonds is 9. The summed E-state index contributed by atoms with van der Waals surface area (Å²) >= 11 is 0. The van der Waals surface area contributed by atoms with E-state index in [1.807, 2.05) is 38.1 Å². The summed E-state index contributed by atoms with van der Waals surface area (Å²) in [6.07, 6.45) is 2.88. The van der Waals surface area contributed by atoms with Gasteiger partial charge in [0.2, 0.25) is 5.91 Å². The Kier molecular flexibility index (Phi) is 13.1. The van der Waals surface area contributed by atoms with Crippen LogP contribution in [0.25, 0.3) is 0 Å². The van der Waals surface area contributed by atoms with Gasteiger partial charge >= 0.3 is 0 Å². The second kappa shape index (κ2) is 13.8. The quantitative estimate of drug-likeness (QED) is 0.215. The van der Waals surface area contributed by atoms with E-state index in [0.717, 1.165) is 36.1 Å². The number of nitrogens with one attached hydrogen (secondary N) is 3. The molecule has 0 fully saturated rings. The van der Waals surface area contributed by atoms with Gasteiger partial charge in [-0.1, -0.05) is 39.8 Å². The van der Waals surface area contributed by atoms with Gasteiger partial charge in [0.05, 0.1) is 0 Å². The molecule has 0 aliphatic carbocycles. The van der Waals surface area contributed by atoms with Crippen molar-refractivity contribution in [3.63, 3.8) is 0 Å². The van der Waals surface area contributed by atoms with E-state index in [-0.39, 0.29) is 29.9 Å². The summed E-state index contributed by atoms with van der Waals surface area (Å²) in [6.45, 7) is 10.1.